The zero-order valence-electron chi connectivity index (χ0n) is 28.7. The van der Waals surface area contributed by atoms with Crippen molar-refractivity contribution in [3.05, 3.63) is 35.9 Å². The van der Waals surface area contributed by atoms with E-state index in [0.717, 1.165) is 5.56 Å². The van der Waals surface area contributed by atoms with Crippen LogP contribution in [0.1, 0.15) is 88.6 Å². The van der Waals surface area contributed by atoms with Crippen LogP contribution in [0.4, 0.5) is 0 Å². The van der Waals surface area contributed by atoms with Gasteiger partial charge in [0.2, 0.25) is 6.04 Å². The number of hydrogen-bond acceptors (Lipinski definition) is 11. The third kappa shape index (κ3) is 17.6. The Labute approximate surface area is 268 Å². The SMILES string of the molecule is CC(C)(C)OC(=O)CN(CCNC(C(=O)OC(C)(C)C)C(=O)OC(C)(C)C)[C@H](CSCc1ccccc1)C(=O)OC(C)(C)C. The maximum absolute atomic E-state index is 13.5. The molecule has 1 aromatic rings. The zero-order valence-corrected chi connectivity index (χ0v) is 29.5. The molecular weight excluding hydrogens is 584 g/mol. The van der Waals surface area contributed by atoms with Crippen LogP contribution < -0.4 is 5.32 Å². The van der Waals surface area contributed by atoms with Crippen molar-refractivity contribution >= 4 is 35.6 Å². The van der Waals surface area contributed by atoms with E-state index in [-0.39, 0.29) is 19.6 Å². The largest absolute Gasteiger partial charge is 0.459 e. The van der Waals surface area contributed by atoms with Crippen molar-refractivity contribution in [1.29, 1.82) is 0 Å². The molecule has 11 heteroatoms. The highest BCUT2D eigenvalue weighted by atomic mass is 32.2. The Morgan fingerprint density at radius 3 is 1.61 bits per heavy atom. The van der Waals surface area contributed by atoms with Crippen LogP contribution in [0.5, 0.6) is 0 Å². The molecule has 0 saturated heterocycles. The summed E-state index contributed by atoms with van der Waals surface area (Å²) >= 11 is 1.54. The zero-order chi connectivity index (χ0) is 33.9. The topological polar surface area (TPSA) is 120 Å². The predicted octanol–water partition coefficient (Wildman–Crippen LogP) is 4.92. The summed E-state index contributed by atoms with van der Waals surface area (Å²) in [6.07, 6.45) is 0. The first kappa shape index (κ1) is 39.4. The summed E-state index contributed by atoms with van der Waals surface area (Å²) in [6.45, 7) is 20.8. The molecule has 0 fully saturated rings. The van der Waals surface area contributed by atoms with Gasteiger partial charge in [0.05, 0.1) is 6.54 Å². The summed E-state index contributed by atoms with van der Waals surface area (Å²) in [7, 11) is 0. The average Bonchev–Trinajstić information content (AvgIpc) is 2.79. The monoisotopic (exact) mass is 638 g/mol. The maximum atomic E-state index is 13.5. The van der Waals surface area contributed by atoms with Crippen LogP contribution in [0, 0.1) is 0 Å². The Kier molecular flexibility index (Phi) is 14.9. The highest BCUT2D eigenvalue weighted by molar-refractivity contribution is 7.98. The van der Waals surface area contributed by atoms with Crippen LogP contribution in [0.15, 0.2) is 30.3 Å². The maximum Gasteiger partial charge on any atom is 0.335 e. The minimum absolute atomic E-state index is 0.0502. The van der Waals surface area contributed by atoms with Crippen LogP contribution in [0.25, 0.3) is 0 Å². The predicted molar refractivity (Wildman–Crippen MR) is 173 cm³/mol. The van der Waals surface area contributed by atoms with Gasteiger partial charge in [-0.05, 0) is 88.6 Å². The fourth-order valence-corrected chi connectivity index (χ4v) is 4.89. The first-order valence-corrected chi connectivity index (χ1v) is 16.1. The molecule has 0 unspecified atom stereocenters. The summed E-state index contributed by atoms with van der Waals surface area (Å²) in [5, 5.41) is 2.94. The van der Waals surface area contributed by atoms with Crippen molar-refractivity contribution in [1.82, 2.24) is 10.2 Å². The third-order valence-electron chi connectivity index (χ3n) is 5.29. The van der Waals surface area contributed by atoms with Crippen LogP contribution in [-0.2, 0) is 43.9 Å². The van der Waals surface area contributed by atoms with E-state index >= 15 is 0 Å². The Balaban J connectivity index is 3.29. The number of carbonyl (C=O) groups is 4. The van der Waals surface area contributed by atoms with E-state index in [9.17, 15) is 19.2 Å². The van der Waals surface area contributed by atoms with Gasteiger partial charge in [-0.25, -0.2) is 9.59 Å². The van der Waals surface area contributed by atoms with E-state index in [1.807, 2.05) is 30.3 Å². The number of thioether (sulfide) groups is 1. The number of ether oxygens (including phenoxy) is 4. The number of rotatable bonds is 14. The second kappa shape index (κ2) is 16.6. The molecule has 0 amide bonds. The number of hydrogen-bond donors (Lipinski definition) is 1. The number of carbonyl (C=O) groups excluding carboxylic acids is 4. The van der Waals surface area contributed by atoms with Gasteiger partial charge >= 0.3 is 23.9 Å². The molecule has 0 bridgehead atoms. The van der Waals surface area contributed by atoms with Crippen molar-refractivity contribution in [3.8, 4) is 0 Å². The Bertz CT molecular complexity index is 1050. The van der Waals surface area contributed by atoms with Crippen molar-refractivity contribution in [2.45, 2.75) is 123 Å². The van der Waals surface area contributed by atoms with Crippen molar-refractivity contribution < 1.29 is 38.1 Å². The number of nitrogens with one attached hydrogen (secondary N) is 1. The molecule has 0 saturated carbocycles. The van der Waals surface area contributed by atoms with Crippen LogP contribution in [0.3, 0.4) is 0 Å². The fraction of sp³-hybridized carbons (Fsp3) is 0.697. The molecule has 250 valence electrons. The molecule has 0 aliphatic heterocycles. The number of esters is 4. The molecule has 1 rings (SSSR count). The normalized spacial score (nSPS) is 13.4. The smallest absolute Gasteiger partial charge is 0.335 e. The summed E-state index contributed by atoms with van der Waals surface area (Å²) in [6, 6.07) is 7.62. The Morgan fingerprint density at radius 1 is 0.705 bits per heavy atom. The summed E-state index contributed by atoms with van der Waals surface area (Å²) < 4.78 is 22.3. The molecule has 0 aromatic heterocycles. The van der Waals surface area contributed by atoms with Gasteiger partial charge in [0.1, 0.15) is 28.4 Å². The van der Waals surface area contributed by atoms with E-state index in [2.05, 4.69) is 5.32 Å². The Morgan fingerprint density at radius 2 is 1.16 bits per heavy atom. The molecular formula is C33H54N2O8S. The van der Waals surface area contributed by atoms with Gasteiger partial charge in [-0.3, -0.25) is 19.8 Å². The molecule has 1 N–H and O–H groups in total. The van der Waals surface area contributed by atoms with E-state index in [1.165, 1.54) is 11.8 Å². The van der Waals surface area contributed by atoms with Crippen LogP contribution in [0.2, 0.25) is 0 Å². The molecule has 0 aliphatic rings. The van der Waals surface area contributed by atoms with E-state index in [4.69, 9.17) is 18.9 Å². The van der Waals surface area contributed by atoms with Crippen LogP contribution in [-0.4, -0.2) is 88.7 Å². The highest BCUT2D eigenvalue weighted by Crippen LogP contribution is 2.20. The Hall–Kier alpha value is -2.63. The number of benzene rings is 1. The van der Waals surface area contributed by atoms with E-state index in [0.29, 0.717) is 11.5 Å². The van der Waals surface area contributed by atoms with Crippen molar-refractivity contribution in [2.24, 2.45) is 0 Å². The fourth-order valence-electron chi connectivity index (χ4n) is 3.78. The molecule has 10 nitrogen and oxygen atoms in total. The third-order valence-corrected chi connectivity index (χ3v) is 6.38. The lowest BCUT2D eigenvalue weighted by atomic mass is 10.1. The number of nitrogens with zero attached hydrogens (tertiary/aromatic N) is 1. The highest BCUT2D eigenvalue weighted by Gasteiger charge is 2.36. The van der Waals surface area contributed by atoms with Crippen molar-refractivity contribution in [2.75, 3.05) is 25.4 Å². The van der Waals surface area contributed by atoms with Crippen LogP contribution >= 0.6 is 11.8 Å². The second-order valence-electron chi connectivity index (χ2n) is 14.6. The molecule has 1 atom stereocenters. The van der Waals surface area contributed by atoms with Crippen molar-refractivity contribution in [3.63, 3.8) is 0 Å². The lowest BCUT2D eigenvalue weighted by Gasteiger charge is -2.33. The molecule has 0 heterocycles. The first-order valence-electron chi connectivity index (χ1n) is 15.0. The summed E-state index contributed by atoms with van der Waals surface area (Å²) in [5.41, 5.74) is -2.06. The lowest BCUT2D eigenvalue weighted by molar-refractivity contribution is -0.171. The standard InChI is InChI=1S/C33H54N2O8S/c1-30(2,3)40-25(36)20-35(19-18-34-26(28(38)42-32(7,8)9)29(39)43-33(10,11)12)24(27(37)41-31(4,5)6)22-44-21-23-16-14-13-15-17-23/h13-17,24,26,34H,18-22H2,1-12H3/t24-/m1/s1. The van der Waals surface area contributed by atoms with E-state index in [1.54, 1.807) is 88.0 Å². The quantitative estimate of drug-likeness (QED) is 0.170. The molecule has 1 aromatic carbocycles. The van der Waals surface area contributed by atoms with Gasteiger partial charge in [0.15, 0.2) is 0 Å². The van der Waals surface area contributed by atoms with Gasteiger partial charge in [-0.1, -0.05) is 30.3 Å². The molecule has 0 spiro atoms. The van der Waals surface area contributed by atoms with E-state index < -0.39 is 58.4 Å². The summed E-state index contributed by atoms with van der Waals surface area (Å²) in [4.78, 5) is 54.3. The van der Waals surface area contributed by atoms with Gasteiger partial charge in [-0.15, -0.1) is 0 Å². The van der Waals surface area contributed by atoms with Gasteiger partial charge in [0.25, 0.3) is 0 Å². The molecule has 0 aliphatic carbocycles. The minimum Gasteiger partial charge on any atom is -0.459 e. The van der Waals surface area contributed by atoms with Gasteiger partial charge in [-0.2, -0.15) is 11.8 Å². The lowest BCUT2D eigenvalue weighted by Crippen LogP contribution is -2.54. The second-order valence-corrected chi connectivity index (χ2v) is 15.6. The molecule has 44 heavy (non-hydrogen) atoms. The molecule has 0 radical (unpaired) electrons. The van der Waals surface area contributed by atoms with Gasteiger partial charge in [0, 0.05) is 24.6 Å². The average molecular weight is 639 g/mol. The summed E-state index contributed by atoms with van der Waals surface area (Å²) in [5.74, 6) is -1.60. The first-order chi connectivity index (χ1) is 20.0. The minimum atomic E-state index is -1.41. The van der Waals surface area contributed by atoms with Gasteiger partial charge < -0.3 is 18.9 Å².